The van der Waals surface area contributed by atoms with Crippen molar-refractivity contribution in [3.8, 4) is 0 Å². The minimum atomic E-state index is -0.741. The van der Waals surface area contributed by atoms with Gasteiger partial charge in [0.1, 0.15) is 5.69 Å². The number of nitrogens with one attached hydrogen (secondary N) is 2. The molecule has 1 atom stereocenters. The summed E-state index contributed by atoms with van der Waals surface area (Å²) in [4.78, 5) is 37.5. The summed E-state index contributed by atoms with van der Waals surface area (Å²) < 4.78 is 0. The van der Waals surface area contributed by atoms with Gasteiger partial charge in [0.2, 0.25) is 11.9 Å². The highest BCUT2D eigenvalue weighted by molar-refractivity contribution is 6.11. The van der Waals surface area contributed by atoms with Crippen molar-refractivity contribution in [2.75, 3.05) is 16.4 Å². The van der Waals surface area contributed by atoms with Crippen LogP contribution in [0.2, 0.25) is 0 Å². The van der Waals surface area contributed by atoms with Gasteiger partial charge in [0, 0.05) is 11.8 Å². The van der Waals surface area contributed by atoms with Crippen molar-refractivity contribution in [2.24, 2.45) is 10.4 Å². The summed E-state index contributed by atoms with van der Waals surface area (Å²) in [7, 11) is 0. The Balaban J connectivity index is 2.04. The van der Waals surface area contributed by atoms with Gasteiger partial charge in [-0.25, -0.2) is 0 Å². The van der Waals surface area contributed by atoms with Gasteiger partial charge in [0.05, 0.1) is 5.41 Å². The maximum Gasteiger partial charge on any atom is 0.251 e. The molecule has 4 N–H and O–H groups in total. The average molecular weight is 354 g/mol. The topological polar surface area (TPSA) is 122 Å². The van der Waals surface area contributed by atoms with E-state index in [0.29, 0.717) is 18.4 Å². The largest absolute Gasteiger partial charge is 0.368 e. The molecule has 0 saturated carbocycles. The van der Waals surface area contributed by atoms with E-state index in [1.54, 1.807) is 13.1 Å². The molecule has 2 aliphatic rings. The van der Waals surface area contributed by atoms with Crippen molar-refractivity contribution in [3.63, 3.8) is 0 Å². The number of nitrogen functional groups attached to an aromatic ring is 1. The highest BCUT2D eigenvalue weighted by Crippen LogP contribution is 2.43. The number of fused-ring (bicyclic) bond motifs is 1. The number of carbonyl (C=O) groups is 2. The van der Waals surface area contributed by atoms with Crippen molar-refractivity contribution in [1.82, 2.24) is 9.97 Å². The molecule has 1 spiro atoms. The van der Waals surface area contributed by atoms with Crippen molar-refractivity contribution in [1.29, 1.82) is 0 Å². The van der Waals surface area contributed by atoms with Crippen LogP contribution in [0.5, 0.6) is 0 Å². The number of rotatable bonds is 2. The molecule has 0 radical (unpaired) electrons. The molecule has 0 saturated heterocycles. The molecule has 2 amide bonds. The normalized spacial score (nSPS) is 21.9. The Kier molecular flexibility index (Phi) is 4.35. The van der Waals surface area contributed by atoms with E-state index in [1.807, 2.05) is 6.92 Å². The van der Waals surface area contributed by atoms with Crippen LogP contribution in [0.1, 0.15) is 40.0 Å². The first-order chi connectivity index (χ1) is 12.2. The second-order valence-electron chi connectivity index (χ2n) is 6.97. The summed E-state index contributed by atoms with van der Waals surface area (Å²) in [6.45, 7) is 9.30. The summed E-state index contributed by atoms with van der Waals surface area (Å²) in [6, 6.07) is 0. The zero-order valence-electron chi connectivity index (χ0n) is 15.1. The van der Waals surface area contributed by atoms with Gasteiger partial charge in [-0.2, -0.15) is 9.97 Å². The molecule has 1 unspecified atom stereocenters. The molecule has 1 aliphatic heterocycles. The fraction of sp³-hybridized carbons (Fsp3) is 0.389. The number of aliphatic imine (C=N–C) groups is 1. The quantitative estimate of drug-likeness (QED) is 0.557. The minimum Gasteiger partial charge on any atom is -0.368 e. The average Bonchev–Trinajstić information content (AvgIpc) is 2.69. The van der Waals surface area contributed by atoms with Crippen molar-refractivity contribution < 1.29 is 9.59 Å². The highest BCUT2D eigenvalue weighted by atomic mass is 16.2. The zero-order valence-corrected chi connectivity index (χ0v) is 15.1. The molecule has 136 valence electrons. The molecular formula is C18H22N6O2. The zero-order chi connectivity index (χ0) is 19.1. The predicted molar refractivity (Wildman–Crippen MR) is 101 cm³/mol. The van der Waals surface area contributed by atoms with Crippen LogP contribution in [0.25, 0.3) is 0 Å². The molecule has 8 nitrogen and oxygen atoms in total. The highest BCUT2D eigenvalue weighted by Gasteiger charge is 2.41. The minimum absolute atomic E-state index is 0.0669. The van der Waals surface area contributed by atoms with E-state index in [4.69, 9.17) is 5.73 Å². The first-order valence-corrected chi connectivity index (χ1v) is 8.38. The third-order valence-corrected chi connectivity index (χ3v) is 4.90. The van der Waals surface area contributed by atoms with Gasteiger partial charge in [0.25, 0.3) is 5.91 Å². The van der Waals surface area contributed by atoms with Gasteiger partial charge in [0.15, 0.2) is 11.6 Å². The van der Waals surface area contributed by atoms with Gasteiger partial charge >= 0.3 is 0 Å². The Morgan fingerprint density at radius 3 is 2.73 bits per heavy atom. The van der Waals surface area contributed by atoms with Gasteiger partial charge in [-0.3, -0.25) is 14.6 Å². The number of amides is 2. The molecule has 26 heavy (non-hydrogen) atoms. The Morgan fingerprint density at radius 1 is 1.35 bits per heavy atom. The van der Waals surface area contributed by atoms with Crippen LogP contribution in [-0.2, 0) is 9.59 Å². The number of nitrogens with two attached hydrogens (primary N) is 1. The van der Waals surface area contributed by atoms with Crippen molar-refractivity contribution in [3.05, 3.63) is 23.3 Å². The first kappa shape index (κ1) is 17.8. The SMILES string of the molecule is C=C(C)C(=O)Nc1nc(N)nc2c1N=CC1(CCC(C)=C(C)C1)C(=O)N2. The molecule has 1 aromatic rings. The first-order valence-electron chi connectivity index (χ1n) is 8.38. The van der Waals surface area contributed by atoms with E-state index >= 15 is 0 Å². The van der Waals surface area contributed by atoms with Crippen molar-refractivity contribution >= 4 is 41.3 Å². The third-order valence-electron chi connectivity index (χ3n) is 4.90. The lowest BCUT2D eigenvalue weighted by molar-refractivity contribution is -0.122. The summed E-state index contributed by atoms with van der Waals surface area (Å²) in [6.07, 6.45) is 3.74. The second-order valence-corrected chi connectivity index (χ2v) is 6.97. The lowest BCUT2D eigenvalue weighted by atomic mass is 9.72. The summed E-state index contributed by atoms with van der Waals surface area (Å²) >= 11 is 0. The number of aromatic nitrogens is 2. The second kappa shape index (κ2) is 6.36. The maximum atomic E-state index is 12.9. The Hall–Kier alpha value is -3.03. The van der Waals surface area contributed by atoms with Crippen LogP contribution in [0.15, 0.2) is 28.3 Å². The summed E-state index contributed by atoms with van der Waals surface area (Å²) in [5.74, 6) is -0.312. The molecule has 1 aliphatic carbocycles. The molecule has 2 heterocycles. The maximum absolute atomic E-state index is 12.9. The molecule has 0 bridgehead atoms. The van der Waals surface area contributed by atoms with Crippen LogP contribution >= 0.6 is 0 Å². The fourth-order valence-electron chi connectivity index (χ4n) is 3.10. The molecule has 1 aromatic heterocycles. The lowest BCUT2D eigenvalue weighted by Crippen LogP contribution is -2.39. The smallest absolute Gasteiger partial charge is 0.251 e. The molecule has 0 fully saturated rings. The molecular weight excluding hydrogens is 332 g/mol. The van der Waals surface area contributed by atoms with Gasteiger partial charge in [-0.1, -0.05) is 17.7 Å². The Bertz CT molecular complexity index is 886. The van der Waals surface area contributed by atoms with E-state index in [9.17, 15) is 9.59 Å². The summed E-state index contributed by atoms with van der Waals surface area (Å²) in [5.41, 5.74) is 8.08. The van der Waals surface area contributed by atoms with Crippen LogP contribution in [0.3, 0.4) is 0 Å². The lowest BCUT2D eigenvalue weighted by Gasteiger charge is -2.32. The standard InChI is InChI=1S/C18H22N6O2/c1-9(2)15(25)21-13-12-14(24-17(19)23-13)22-16(26)18(8-20-12)6-5-10(3)11(4)7-18/h8H,1,5-7H2,2-4H3,(H4,19,21,22,23,24,25,26). The number of allylic oxidation sites excluding steroid dienone is 2. The number of anilines is 3. The van der Waals surface area contributed by atoms with Crippen LogP contribution in [-0.4, -0.2) is 28.0 Å². The Morgan fingerprint density at radius 2 is 2.08 bits per heavy atom. The number of carbonyl (C=O) groups excluding carboxylic acids is 2. The van der Waals surface area contributed by atoms with E-state index in [-0.39, 0.29) is 29.2 Å². The van der Waals surface area contributed by atoms with Crippen LogP contribution in [0, 0.1) is 5.41 Å². The van der Waals surface area contributed by atoms with E-state index in [0.717, 1.165) is 6.42 Å². The molecule has 8 heteroatoms. The van der Waals surface area contributed by atoms with Gasteiger partial charge in [-0.15, -0.1) is 0 Å². The number of hydrogen-bond acceptors (Lipinski definition) is 6. The summed E-state index contributed by atoms with van der Waals surface area (Å²) in [5, 5.41) is 5.43. The predicted octanol–water partition coefficient (Wildman–Crippen LogP) is 2.73. The number of nitrogens with zero attached hydrogens (tertiary/aromatic N) is 3. The van der Waals surface area contributed by atoms with Gasteiger partial charge < -0.3 is 16.4 Å². The van der Waals surface area contributed by atoms with Crippen LogP contribution < -0.4 is 16.4 Å². The fourth-order valence-corrected chi connectivity index (χ4v) is 3.10. The van der Waals surface area contributed by atoms with E-state index < -0.39 is 11.3 Å². The van der Waals surface area contributed by atoms with Crippen molar-refractivity contribution in [2.45, 2.75) is 40.0 Å². The third kappa shape index (κ3) is 3.10. The molecule has 3 rings (SSSR count). The van der Waals surface area contributed by atoms with E-state index in [1.165, 1.54) is 11.1 Å². The van der Waals surface area contributed by atoms with Gasteiger partial charge in [-0.05, 0) is 40.0 Å². The Labute approximate surface area is 151 Å². The van der Waals surface area contributed by atoms with E-state index in [2.05, 4.69) is 39.1 Å². The number of hydrogen-bond donors (Lipinski definition) is 3. The van der Waals surface area contributed by atoms with Crippen LogP contribution in [0.4, 0.5) is 23.3 Å². The monoisotopic (exact) mass is 354 g/mol. The molecule has 0 aromatic carbocycles.